The molecule has 0 aliphatic carbocycles. The van der Waals surface area contributed by atoms with Gasteiger partial charge in [0.25, 0.3) is 0 Å². The van der Waals surface area contributed by atoms with Crippen LogP contribution in [0.1, 0.15) is 18.9 Å². The molecule has 1 unspecified atom stereocenters. The molecule has 0 bridgehead atoms. The van der Waals surface area contributed by atoms with Gasteiger partial charge in [-0.25, -0.2) is 4.79 Å². The minimum absolute atomic E-state index is 0.641. The van der Waals surface area contributed by atoms with E-state index in [4.69, 9.17) is 9.84 Å². The van der Waals surface area contributed by atoms with Crippen molar-refractivity contribution in [2.45, 2.75) is 19.4 Å². The van der Waals surface area contributed by atoms with Crippen LogP contribution >= 0.6 is 0 Å². The van der Waals surface area contributed by atoms with Crippen LogP contribution in [0.2, 0.25) is 0 Å². The van der Waals surface area contributed by atoms with Crippen molar-refractivity contribution >= 4 is 12.0 Å². The summed E-state index contributed by atoms with van der Waals surface area (Å²) in [7, 11) is 0. The van der Waals surface area contributed by atoms with Gasteiger partial charge in [0.15, 0.2) is 0 Å². The highest BCUT2D eigenvalue weighted by molar-refractivity contribution is 5.81. The average Bonchev–Trinajstić information content (AvgIpc) is 2.27. The highest BCUT2D eigenvalue weighted by Crippen LogP contribution is 2.30. The van der Waals surface area contributed by atoms with Crippen molar-refractivity contribution in [2.75, 3.05) is 0 Å². The predicted molar refractivity (Wildman–Crippen MR) is 56.8 cm³/mol. The summed E-state index contributed by atoms with van der Waals surface area (Å²) in [6, 6.07) is 7.45. The van der Waals surface area contributed by atoms with Gasteiger partial charge in [-0.05, 0) is 24.1 Å². The fourth-order valence-corrected chi connectivity index (χ4v) is 1.68. The Labute approximate surface area is 88.0 Å². The lowest BCUT2D eigenvalue weighted by atomic mass is 10.00. The maximum Gasteiger partial charge on any atom is 0.349 e. The third kappa shape index (κ3) is 1.73. The third-order valence-corrected chi connectivity index (χ3v) is 2.47. The van der Waals surface area contributed by atoms with Crippen molar-refractivity contribution in [1.82, 2.24) is 0 Å². The van der Waals surface area contributed by atoms with E-state index >= 15 is 0 Å². The second-order valence-electron chi connectivity index (χ2n) is 3.45. The number of carbonyl (C=O) groups is 1. The van der Waals surface area contributed by atoms with Gasteiger partial charge in [-0.15, -0.1) is 0 Å². The van der Waals surface area contributed by atoms with Crippen molar-refractivity contribution in [2.24, 2.45) is 0 Å². The number of hydrogen-bond acceptors (Lipinski definition) is 2. The van der Waals surface area contributed by atoms with E-state index in [-0.39, 0.29) is 0 Å². The molecular formula is C12H12O3. The Morgan fingerprint density at radius 3 is 2.87 bits per heavy atom. The number of benzene rings is 1. The quantitative estimate of drug-likeness (QED) is 0.804. The van der Waals surface area contributed by atoms with Gasteiger partial charge < -0.3 is 9.84 Å². The molecule has 3 heteroatoms. The molecule has 3 nitrogen and oxygen atoms in total. The van der Waals surface area contributed by atoms with E-state index in [9.17, 15) is 4.79 Å². The fraction of sp³-hybridized carbons (Fsp3) is 0.250. The third-order valence-electron chi connectivity index (χ3n) is 2.47. The van der Waals surface area contributed by atoms with Gasteiger partial charge in [-0.1, -0.05) is 25.1 Å². The van der Waals surface area contributed by atoms with E-state index in [0.717, 1.165) is 11.1 Å². The van der Waals surface area contributed by atoms with Gasteiger partial charge in [-0.3, -0.25) is 0 Å². The number of ether oxygens (including phenoxy) is 1. The van der Waals surface area contributed by atoms with Gasteiger partial charge >= 0.3 is 5.97 Å². The minimum Gasteiger partial charge on any atom is -0.478 e. The lowest BCUT2D eigenvalue weighted by Crippen LogP contribution is -2.31. The van der Waals surface area contributed by atoms with E-state index in [1.54, 1.807) is 6.07 Å². The Hall–Kier alpha value is -1.77. The number of para-hydroxylation sites is 1. The molecule has 1 aliphatic heterocycles. The Morgan fingerprint density at radius 2 is 2.20 bits per heavy atom. The standard InChI is InChI=1S/C12H12O3/c1-2-8-7-9-5-3-4-6-10(9)15-11(8)12(13)14/h3-7,11H,2H2,1H3,(H,13,14). The summed E-state index contributed by atoms with van der Waals surface area (Å²) in [4.78, 5) is 11.0. The summed E-state index contributed by atoms with van der Waals surface area (Å²) in [5.74, 6) is -0.292. The molecule has 0 fully saturated rings. The number of carboxylic acids is 1. The molecule has 2 rings (SSSR count). The molecule has 1 atom stereocenters. The molecule has 1 aromatic carbocycles. The number of fused-ring (bicyclic) bond motifs is 1. The molecular weight excluding hydrogens is 192 g/mol. The van der Waals surface area contributed by atoms with Crippen LogP contribution < -0.4 is 4.74 Å². The van der Waals surface area contributed by atoms with Crippen LogP contribution in [0.3, 0.4) is 0 Å². The van der Waals surface area contributed by atoms with Gasteiger partial charge in [-0.2, -0.15) is 0 Å². The summed E-state index contributed by atoms with van der Waals surface area (Å²) < 4.78 is 5.43. The maximum absolute atomic E-state index is 11.0. The zero-order chi connectivity index (χ0) is 10.8. The topological polar surface area (TPSA) is 46.5 Å². The SMILES string of the molecule is CCC1=Cc2ccccc2OC1C(=O)O. The van der Waals surface area contributed by atoms with Crippen LogP contribution in [0.4, 0.5) is 0 Å². The maximum atomic E-state index is 11.0. The molecule has 0 amide bonds. The number of carboxylic acid groups (broad SMARTS) is 1. The van der Waals surface area contributed by atoms with Crippen molar-refractivity contribution < 1.29 is 14.6 Å². The van der Waals surface area contributed by atoms with Crippen LogP contribution in [0, 0.1) is 0 Å². The van der Waals surface area contributed by atoms with E-state index in [0.29, 0.717) is 12.2 Å². The van der Waals surface area contributed by atoms with Crippen molar-refractivity contribution in [3.05, 3.63) is 35.4 Å². The highest BCUT2D eigenvalue weighted by atomic mass is 16.5. The smallest absolute Gasteiger partial charge is 0.349 e. The lowest BCUT2D eigenvalue weighted by molar-refractivity contribution is -0.143. The van der Waals surface area contributed by atoms with Crippen LogP contribution in [0.5, 0.6) is 5.75 Å². The largest absolute Gasteiger partial charge is 0.478 e. The van der Waals surface area contributed by atoms with Crippen molar-refractivity contribution in [1.29, 1.82) is 0 Å². The molecule has 1 aromatic rings. The normalized spacial score (nSPS) is 18.7. The Bertz CT molecular complexity index is 421. The summed E-state index contributed by atoms with van der Waals surface area (Å²) >= 11 is 0. The summed E-state index contributed by atoms with van der Waals surface area (Å²) in [6.45, 7) is 1.93. The number of aliphatic carboxylic acids is 1. The second-order valence-corrected chi connectivity index (χ2v) is 3.45. The van der Waals surface area contributed by atoms with Crippen LogP contribution in [-0.4, -0.2) is 17.2 Å². The predicted octanol–water partition coefficient (Wildman–Crippen LogP) is 2.33. The minimum atomic E-state index is -0.933. The van der Waals surface area contributed by atoms with Crippen LogP contribution in [0.15, 0.2) is 29.8 Å². The second kappa shape index (κ2) is 3.77. The van der Waals surface area contributed by atoms with Crippen molar-refractivity contribution in [3.8, 4) is 5.75 Å². The van der Waals surface area contributed by atoms with Crippen molar-refractivity contribution in [3.63, 3.8) is 0 Å². The molecule has 0 saturated carbocycles. The van der Waals surface area contributed by atoms with E-state index in [2.05, 4.69) is 0 Å². The average molecular weight is 204 g/mol. The summed E-state index contributed by atoms with van der Waals surface area (Å²) in [5, 5.41) is 9.00. The zero-order valence-corrected chi connectivity index (χ0v) is 8.43. The molecule has 78 valence electrons. The lowest BCUT2D eigenvalue weighted by Gasteiger charge is -2.23. The van der Waals surface area contributed by atoms with E-state index in [1.165, 1.54) is 0 Å². The van der Waals surface area contributed by atoms with Gasteiger partial charge in [0.05, 0.1) is 0 Å². The first-order valence-corrected chi connectivity index (χ1v) is 4.91. The number of hydrogen-bond donors (Lipinski definition) is 1. The highest BCUT2D eigenvalue weighted by Gasteiger charge is 2.27. The van der Waals surface area contributed by atoms with Gasteiger partial charge in [0.2, 0.25) is 6.10 Å². The molecule has 1 heterocycles. The first-order chi connectivity index (χ1) is 7.22. The van der Waals surface area contributed by atoms with E-state index in [1.807, 2.05) is 31.2 Å². The van der Waals surface area contributed by atoms with E-state index < -0.39 is 12.1 Å². The molecule has 0 aromatic heterocycles. The number of rotatable bonds is 2. The van der Waals surface area contributed by atoms with Crippen LogP contribution in [-0.2, 0) is 4.79 Å². The monoisotopic (exact) mass is 204 g/mol. The van der Waals surface area contributed by atoms with Gasteiger partial charge in [0.1, 0.15) is 5.75 Å². The first kappa shape index (κ1) is 9.77. The summed E-state index contributed by atoms with van der Waals surface area (Å²) in [6.07, 6.45) is 1.76. The zero-order valence-electron chi connectivity index (χ0n) is 8.43. The molecule has 0 radical (unpaired) electrons. The Morgan fingerprint density at radius 1 is 1.47 bits per heavy atom. The molecule has 0 saturated heterocycles. The Kier molecular flexibility index (Phi) is 2.46. The molecule has 1 aliphatic rings. The first-order valence-electron chi connectivity index (χ1n) is 4.91. The molecule has 0 spiro atoms. The van der Waals surface area contributed by atoms with Crippen LogP contribution in [0.25, 0.3) is 6.08 Å². The molecule has 15 heavy (non-hydrogen) atoms. The fourth-order valence-electron chi connectivity index (χ4n) is 1.68. The molecule has 1 N–H and O–H groups in total. The van der Waals surface area contributed by atoms with Gasteiger partial charge in [0, 0.05) is 5.56 Å². The summed E-state index contributed by atoms with van der Waals surface area (Å²) in [5.41, 5.74) is 1.76. The Balaban J connectivity index is 2.43.